The van der Waals surface area contributed by atoms with Gasteiger partial charge in [-0.3, -0.25) is 0 Å². The van der Waals surface area contributed by atoms with Crippen LogP contribution in [0.25, 0.3) is 5.52 Å². The summed E-state index contributed by atoms with van der Waals surface area (Å²) in [6.07, 6.45) is 5.86. The Morgan fingerprint density at radius 3 is 3.00 bits per heavy atom. The minimum Gasteiger partial charge on any atom is -0.320 e. The lowest BCUT2D eigenvalue weighted by Gasteiger charge is -2.11. The molecule has 0 atom stereocenters. The van der Waals surface area contributed by atoms with Crippen LogP contribution < -0.4 is 5.73 Å². The molecule has 1 aliphatic rings. The first kappa shape index (κ1) is 7.09. The SMILES string of the molecule is NC1(c2cccc3cncn23)CC1. The van der Waals surface area contributed by atoms with Crippen LogP contribution in [0, 0.1) is 0 Å². The third-order valence-corrected chi connectivity index (χ3v) is 2.75. The van der Waals surface area contributed by atoms with E-state index in [4.69, 9.17) is 5.73 Å². The number of nitrogens with two attached hydrogens (primary N) is 1. The van der Waals surface area contributed by atoms with Gasteiger partial charge in [-0.05, 0) is 25.0 Å². The first-order valence-electron chi connectivity index (χ1n) is 4.50. The molecule has 0 spiro atoms. The van der Waals surface area contributed by atoms with Gasteiger partial charge in [-0.15, -0.1) is 0 Å². The molecule has 0 saturated heterocycles. The molecule has 1 aliphatic carbocycles. The lowest BCUT2D eigenvalue weighted by atomic mass is 10.1. The molecule has 0 aliphatic heterocycles. The lowest BCUT2D eigenvalue weighted by molar-refractivity contribution is 0.693. The van der Waals surface area contributed by atoms with Crippen LogP contribution >= 0.6 is 0 Å². The second kappa shape index (κ2) is 2.12. The van der Waals surface area contributed by atoms with Crippen molar-refractivity contribution >= 4 is 5.52 Å². The average molecular weight is 173 g/mol. The summed E-state index contributed by atoms with van der Waals surface area (Å²) >= 11 is 0. The van der Waals surface area contributed by atoms with Crippen LogP contribution in [0.15, 0.2) is 30.7 Å². The molecular weight excluding hydrogens is 162 g/mol. The van der Waals surface area contributed by atoms with Gasteiger partial charge in [-0.2, -0.15) is 0 Å². The molecule has 0 aromatic carbocycles. The van der Waals surface area contributed by atoms with E-state index in [-0.39, 0.29) is 5.54 Å². The molecule has 2 N–H and O–H groups in total. The number of aromatic nitrogens is 2. The Morgan fingerprint density at radius 2 is 2.23 bits per heavy atom. The third kappa shape index (κ3) is 0.906. The van der Waals surface area contributed by atoms with Crippen LogP contribution in [0.5, 0.6) is 0 Å². The van der Waals surface area contributed by atoms with Gasteiger partial charge in [0.15, 0.2) is 0 Å². The number of pyridine rings is 1. The standard InChI is InChI=1S/C10H11N3/c11-10(4-5-10)9-3-1-2-8-6-12-7-13(8)9/h1-3,6-7H,4-5,11H2. The smallest absolute Gasteiger partial charge is 0.0994 e. The highest BCUT2D eigenvalue weighted by molar-refractivity contribution is 5.47. The lowest BCUT2D eigenvalue weighted by Crippen LogP contribution is -2.21. The van der Waals surface area contributed by atoms with E-state index < -0.39 is 0 Å². The molecule has 0 amide bonds. The quantitative estimate of drug-likeness (QED) is 0.706. The Kier molecular flexibility index (Phi) is 1.15. The van der Waals surface area contributed by atoms with E-state index in [0.717, 1.165) is 18.4 Å². The van der Waals surface area contributed by atoms with E-state index in [2.05, 4.69) is 15.5 Å². The first-order valence-corrected chi connectivity index (χ1v) is 4.50. The van der Waals surface area contributed by atoms with Crippen LogP contribution in [0.2, 0.25) is 0 Å². The molecule has 2 aromatic rings. The Balaban J connectivity index is 2.33. The molecule has 3 heteroatoms. The Labute approximate surface area is 76.2 Å². The van der Waals surface area contributed by atoms with Gasteiger partial charge in [0.2, 0.25) is 0 Å². The van der Waals surface area contributed by atoms with Gasteiger partial charge in [-0.1, -0.05) is 6.07 Å². The van der Waals surface area contributed by atoms with Crippen molar-refractivity contribution in [3.05, 3.63) is 36.4 Å². The topological polar surface area (TPSA) is 43.3 Å². The van der Waals surface area contributed by atoms with Gasteiger partial charge in [-0.25, -0.2) is 4.98 Å². The average Bonchev–Trinajstić information content (AvgIpc) is 2.72. The van der Waals surface area contributed by atoms with E-state index in [9.17, 15) is 0 Å². The van der Waals surface area contributed by atoms with Gasteiger partial charge in [0, 0.05) is 5.69 Å². The Morgan fingerprint density at radius 1 is 1.38 bits per heavy atom. The monoisotopic (exact) mass is 173 g/mol. The van der Waals surface area contributed by atoms with Crippen molar-refractivity contribution in [2.45, 2.75) is 18.4 Å². The molecule has 0 radical (unpaired) electrons. The van der Waals surface area contributed by atoms with E-state index in [0.29, 0.717) is 0 Å². The molecule has 66 valence electrons. The van der Waals surface area contributed by atoms with Crippen molar-refractivity contribution in [2.24, 2.45) is 5.73 Å². The van der Waals surface area contributed by atoms with Crippen molar-refractivity contribution in [3.63, 3.8) is 0 Å². The molecule has 3 rings (SSSR count). The highest BCUT2D eigenvalue weighted by atomic mass is 15.0. The van der Waals surface area contributed by atoms with Gasteiger partial charge >= 0.3 is 0 Å². The summed E-state index contributed by atoms with van der Waals surface area (Å²) in [6, 6.07) is 6.17. The van der Waals surface area contributed by atoms with Crippen LogP contribution in [-0.2, 0) is 5.54 Å². The molecule has 2 aromatic heterocycles. The van der Waals surface area contributed by atoms with Crippen LogP contribution in [0.4, 0.5) is 0 Å². The summed E-state index contributed by atoms with van der Waals surface area (Å²) < 4.78 is 2.08. The predicted octanol–water partition coefficient (Wildman–Crippen LogP) is 1.28. The highest BCUT2D eigenvalue weighted by Crippen LogP contribution is 2.42. The van der Waals surface area contributed by atoms with E-state index in [1.807, 2.05) is 24.7 Å². The summed E-state index contributed by atoms with van der Waals surface area (Å²) in [5.41, 5.74) is 8.36. The van der Waals surface area contributed by atoms with E-state index in [1.165, 1.54) is 5.69 Å². The molecule has 0 unspecified atom stereocenters. The number of fused-ring (bicyclic) bond motifs is 1. The normalized spacial score (nSPS) is 19.2. The fourth-order valence-electron chi connectivity index (χ4n) is 1.74. The number of rotatable bonds is 1. The summed E-state index contributed by atoms with van der Waals surface area (Å²) in [7, 11) is 0. The molecule has 1 fully saturated rings. The number of nitrogens with zero attached hydrogens (tertiary/aromatic N) is 2. The largest absolute Gasteiger partial charge is 0.320 e. The van der Waals surface area contributed by atoms with Crippen molar-refractivity contribution in [3.8, 4) is 0 Å². The third-order valence-electron chi connectivity index (χ3n) is 2.75. The van der Waals surface area contributed by atoms with Crippen LogP contribution in [-0.4, -0.2) is 9.38 Å². The van der Waals surface area contributed by atoms with Gasteiger partial charge in [0.05, 0.1) is 23.6 Å². The first-order chi connectivity index (χ1) is 6.30. The van der Waals surface area contributed by atoms with Crippen LogP contribution in [0.1, 0.15) is 18.5 Å². The number of hydrogen-bond acceptors (Lipinski definition) is 2. The van der Waals surface area contributed by atoms with Crippen molar-refractivity contribution in [2.75, 3.05) is 0 Å². The summed E-state index contributed by atoms with van der Waals surface area (Å²) in [4.78, 5) is 4.11. The number of imidazole rings is 1. The van der Waals surface area contributed by atoms with Crippen molar-refractivity contribution < 1.29 is 0 Å². The zero-order valence-corrected chi connectivity index (χ0v) is 7.27. The predicted molar refractivity (Wildman–Crippen MR) is 50.3 cm³/mol. The Bertz CT molecular complexity index is 454. The second-order valence-electron chi connectivity index (χ2n) is 3.76. The van der Waals surface area contributed by atoms with Gasteiger partial charge < -0.3 is 10.1 Å². The zero-order valence-electron chi connectivity index (χ0n) is 7.27. The highest BCUT2D eigenvalue weighted by Gasteiger charge is 2.41. The maximum Gasteiger partial charge on any atom is 0.0994 e. The maximum atomic E-state index is 6.14. The van der Waals surface area contributed by atoms with Crippen LogP contribution in [0.3, 0.4) is 0 Å². The maximum absolute atomic E-state index is 6.14. The minimum atomic E-state index is -0.0831. The fraction of sp³-hybridized carbons (Fsp3) is 0.300. The van der Waals surface area contributed by atoms with Crippen molar-refractivity contribution in [1.82, 2.24) is 9.38 Å². The molecule has 3 nitrogen and oxygen atoms in total. The summed E-state index contributed by atoms with van der Waals surface area (Å²) in [5.74, 6) is 0. The number of hydrogen-bond donors (Lipinski definition) is 1. The Hall–Kier alpha value is -1.35. The zero-order chi connectivity index (χ0) is 8.89. The van der Waals surface area contributed by atoms with E-state index in [1.54, 1.807) is 0 Å². The molecule has 0 bridgehead atoms. The van der Waals surface area contributed by atoms with Crippen molar-refractivity contribution in [1.29, 1.82) is 0 Å². The molecule has 1 saturated carbocycles. The summed E-state index contributed by atoms with van der Waals surface area (Å²) in [6.45, 7) is 0. The molecule has 2 heterocycles. The summed E-state index contributed by atoms with van der Waals surface area (Å²) in [5, 5.41) is 0. The second-order valence-corrected chi connectivity index (χ2v) is 3.76. The molecule has 13 heavy (non-hydrogen) atoms. The van der Waals surface area contributed by atoms with Gasteiger partial charge in [0.25, 0.3) is 0 Å². The minimum absolute atomic E-state index is 0.0831. The van der Waals surface area contributed by atoms with E-state index >= 15 is 0 Å². The molecular formula is C10H11N3. The van der Waals surface area contributed by atoms with Gasteiger partial charge in [0.1, 0.15) is 0 Å². The fourth-order valence-corrected chi connectivity index (χ4v) is 1.74.